The number of nitrogens with one attached hydrogen (secondary N) is 1. The molecule has 5 heteroatoms. The Balaban J connectivity index is 1.79. The van der Waals surface area contributed by atoms with Gasteiger partial charge in [-0.2, -0.15) is 0 Å². The van der Waals surface area contributed by atoms with E-state index in [1.165, 1.54) is 5.56 Å². The SMILES string of the molecule is C[C@@H](C(=O)Nc1c(Cl)cccc1Cl)N1CCc2ccccc21. The predicted octanol–water partition coefficient (Wildman–Crippen LogP) is 4.38. The van der Waals surface area contributed by atoms with Gasteiger partial charge in [0.25, 0.3) is 0 Å². The van der Waals surface area contributed by atoms with Crippen molar-refractivity contribution in [3.63, 3.8) is 0 Å². The van der Waals surface area contributed by atoms with Crippen LogP contribution in [0.2, 0.25) is 10.0 Å². The lowest BCUT2D eigenvalue weighted by atomic mass is 10.1. The number of benzene rings is 2. The number of anilines is 2. The molecule has 2 aromatic rings. The lowest BCUT2D eigenvalue weighted by Crippen LogP contribution is -2.41. The van der Waals surface area contributed by atoms with Crippen LogP contribution in [-0.2, 0) is 11.2 Å². The first-order valence-electron chi connectivity index (χ1n) is 7.17. The van der Waals surface area contributed by atoms with Gasteiger partial charge < -0.3 is 10.2 Å². The highest BCUT2D eigenvalue weighted by Crippen LogP contribution is 2.32. The summed E-state index contributed by atoms with van der Waals surface area (Å²) in [5, 5.41) is 3.72. The fourth-order valence-corrected chi connectivity index (χ4v) is 3.24. The second kappa shape index (κ2) is 6.19. The molecule has 114 valence electrons. The second-order valence-corrected chi connectivity index (χ2v) is 6.15. The molecular formula is C17H16Cl2N2O. The van der Waals surface area contributed by atoms with Crippen molar-refractivity contribution < 1.29 is 4.79 Å². The first kappa shape index (κ1) is 15.2. The molecule has 22 heavy (non-hydrogen) atoms. The fourth-order valence-electron chi connectivity index (χ4n) is 2.75. The Kier molecular flexibility index (Phi) is 4.27. The van der Waals surface area contributed by atoms with Gasteiger partial charge in [-0.3, -0.25) is 4.79 Å². The summed E-state index contributed by atoms with van der Waals surface area (Å²) < 4.78 is 0. The monoisotopic (exact) mass is 334 g/mol. The number of para-hydroxylation sites is 2. The molecule has 1 aliphatic rings. The van der Waals surface area contributed by atoms with Gasteiger partial charge in [0.05, 0.1) is 15.7 Å². The van der Waals surface area contributed by atoms with E-state index in [1.54, 1.807) is 18.2 Å². The van der Waals surface area contributed by atoms with E-state index in [4.69, 9.17) is 23.2 Å². The molecule has 1 heterocycles. The molecule has 0 spiro atoms. The zero-order valence-corrected chi connectivity index (χ0v) is 13.7. The highest BCUT2D eigenvalue weighted by atomic mass is 35.5. The largest absolute Gasteiger partial charge is 0.359 e. The Labute approximate surface area is 139 Å². The van der Waals surface area contributed by atoms with E-state index < -0.39 is 0 Å². The average molecular weight is 335 g/mol. The number of carbonyl (C=O) groups is 1. The number of rotatable bonds is 3. The third kappa shape index (κ3) is 2.79. The molecule has 0 saturated heterocycles. The summed E-state index contributed by atoms with van der Waals surface area (Å²) in [6.45, 7) is 2.73. The van der Waals surface area contributed by atoms with E-state index in [1.807, 2.05) is 19.1 Å². The van der Waals surface area contributed by atoms with Crippen LogP contribution in [0.15, 0.2) is 42.5 Å². The minimum atomic E-state index is -0.295. The van der Waals surface area contributed by atoms with Gasteiger partial charge in [-0.1, -0.05) is 47.5 Å². The van der Waals surface area contributed by atoms with Gasteiger partial charge in [0.1, 0.15) is 6.04 Å². The van der Waals surface area contributed by atoms with Gasteiger partial charge in [0, 0.05) is 12.2 Å². The van der Waals surface area contributed by atoms with E-state index in [0.717, 1.165) is 18.7 Å². The van der Waals surface area contributed by atoms with E-state index >= 15 is 0 Å². The molecule has 1 N–H and O–H groups in total. The summed E-state index contributed by atoms with van der Waals surface area (Å²) in [6, 6.07) is 13.0. The first-order chi connectivity index (χ1) is 10.6. The van der Waals surface area contributed by atoms with Gasteiger partial charge in [-0.15, -0.1) is 0 Å². The van der Waals surface area contributed by atoms with E-state index in [-0.39, 0.29) is 11.9 Å². The van der Waals surface area contributed by atoms with E-state index in [9.17, 15) is 4.79 Å². The van der Waals surface area contributed by atoms with Crippen LogP contribution in [0.5, 0.6) is 0 Å². The maximum atomic E-state index is 12.5. The smallest absolute Gasteiger partial charge is 0.246 e. The van der Waals surface area contributed by atoms with Gasteiger partial charge in [-0.05, 0) is 37.1 Å². The van der Waals surface area contributed by atoms with Gasteiger partial charge >= 0.3 is 0 Å². The normalized spacial score (nSPS) is 14.6. The number of nitrogens with zero attached hydrogens (tertiary/aromatic N) is 1. The molecule has 0 fully saturated rings. The maximum Gasteiger partial charge on any atom is 0.246 e. The number of amides is 1. The lowest BCUT2D eigenvalue weighted by molar-refractivity contribution is -0.117. The third-order valence-corrected chi connectivity index (χ3v) is 4.61. The predicted molar refractivity (Wildman–Crippen MR) is 92.0 cm³/mol. The van der Waals surface area contributed by atoms with Crippen LogP contribution in [0.1, 0.15) is 12.5 Å². The third-order valence-electron chi connectivity index (χ3n) is 3.98. The van der Waals surface area contributed by atoms with Gasteiger partial charge in [0.2, 0.25) is 5.91 Å². The van der Waals surface area contributed by atoms with Crippen molar-refractivity contribution >= 4 is 40.5 Å². The summed E-state index contributed by atoms with van der Waals surface area (Å²) in [6.07, 6.45) is 0.959. The standard InChI is InChI=1S/C17H16Cl2N2O/c1-11(21-10-9-12-5-2-3-8-15(12)21)17(22)20-16-13(18)6-4-7-14(16)19/h2-8,11H,9-10H2,1H3,(H,20,22)/t11-/m0/s1. The molecule has 2 aromatic carbocycles. The minimum Gasteiger partial charge on any atom is -0.359 e. The number of halogens is 2. The molecule has 3 rings (SSSR count). The average Bonchev–Trinajstić information content (AvgIpc) is 2.94. The summed E-state index contributed by atoms with van der Waals surface area (Å²) in [5.74, 6) is -0.119. The quantitative estimate of drug-likeness (QED) is 0.903. The van der Waals surface area contributed by atoms with Crippen molar-refractivity contribution in [2.75, 3.05) is 16.8 Å². The van der Waals surface area contributed by atoms with Crippen molar-refractivity contribution in [2.45, 2.75) is 19.4 Å². The minimum absolute atomic E-state index is 0.119. The number of hydrogen-bond donors (Lipinski definition) is 1. The van der Waals surface area contributed by atoms with Gasteiger partial charge in [-0.25, -0.2) is 0 Å². The fraction of sp³-hybridized carbons (Fsp3) is 0.235. The molecule has 0 radical (unpaired) electrons. The molecule has 1 aliphatic heterocycles. The van der Waals surface area contributed by atoms with Crippen molar-refractivity contribution in [1.29, 1.82) is 0 Å². The Morgan fingerprint density at radius 1 is 1.14 bits per heavy atom. The topological polar surface area (TPSA) is 32.3 Å². The molecule has 1 amide bonds. The summed E-state index contributed by atoms with van der Waals surface area (Å²) in [4.78, 5) is 14.7. The van der Waals surface area contributed by atoms with E-state index in [2.05, 4.69) is 22.3 Å². The van der Waals surface area contributed by atoms with E-state index in [0.29, 0.717) is 15.7 Å². The Bertz CT molecular complexity index is 697. The van der Waals surface area contributed by atoms with Crippen molar-refractivity contribution in [3.05, 3.63) is 58.1 Å². The van der Waals surface area contributed by atoms with Crippen LogP contribution in [0.25, 0.3) is 0 Å². The summed E-state index contributed by atoms with van der Waals surface area (Å²) in [5.41, 5.74) is 2.86. The number of hydrogen-bond acceptors (Lipinski definition) is 2. The Morgan fingerprint density at radius 3 is 2.55 bits per heavy atom. The van der Waals surface area contributed by atoms with Crippen LogP contribution in [0.4, 0.5) is 11.4 Å². The zero-order valence-electron chi connectivity index (χ0n) is 12.1. The maximum absolute atomic E-state index is 12.5. The molecule has 0 aliphatic carbocycles. The molecule has 0 aromatic heterocycles. The first-order valence-corrected chi connectivity index (χ1v) is 7.93. The Hall–Kier alpha value is -1.71. The van der Waals surface area contributed by atoms with Crippen LogP contribution >= 0.6 is 23.2 Å². The number of fused-ring (bicyclic) bond motifs is 1. The highest BCUT2D eigenvalue weighted by molar-refractivity contribution is 6.39. The lowest BCUT2D eigenvalue weighted by Gasteiger charge is -2.26. The van der Waals surface area contributed by atoms with Crippen LogP contribution < -0.4 is 10.2 Å². The molecule has 0 saturated carbocycles. The molecule has 0 bridgehead atoms. The Morgan fingerprint density at radius 2 is 1.82 bits per heavy atom. The molecular weight excluding hydrogens is 319 g/mol. The van der Waals surface area contributed by atoms with Crippen LogP contribution in [-0.4, -0.2) is 18.5 Å². The number of carbonyl (C=O) groups excluding carboxylic acids is 1. The van der Waals surface area contributed by atoms with Crippen molar-refractivity contribution in [3.8, 4) is 0 Å². The summed E-state index contributed by atoms with van der Waals surface area (Å²) in [7, 11) is 0. The second-order valence-electron chi connectivity index (χ2n) is 5.33. The van der Waals surface area contributed by atoms with Gasteiger partial charge in [0.15, 0.2) is 0 Å². The highest BCUT2D eigenvalue weighted by Gasteiger charge is 2.28. The zero-order chi connectivity index (χ0) is 15.7. The van der Waals surface area contributed by atoms with Crippen molar-refractivity contribution in [1.82, 2.24) is 0 Å². The van der Waals surface area contributed by atoms with Crippen molar-refractivity contribution in [2.24, 2.45) is 0 Å². The van der Waals surface area contributed by atoms with Crippen LogP contribution in [0, 0.1) is 0 Å². The van der Waals surface area contributed by atoms with Crippen LogP contribution in [0.3, 0.4) is 0 Å². The summed E-state index contributed by atoms with van der Waals surface area (Å²) >= 11 is 12.2. The molecule has 0 unspecified atom stereocenters. The molecule has 1 atom stereocenters. The molecule has 3 nitrogen and oxygen atoms in total.